The molecule has 0 aliphatic heterocycles. The molecule has 0 aliphatic rings. The Morgan fingerprint density at radius 2 is 2.15 bits per heavy atom. The fourth-order valence-corrected chi connectivity index (χ4v) is 1.94. The monoisotopic (exact) mass is 265 g/mol. The third kappa shape index (κ3) is 1.91. The van der Waals surface area contributed by atoms with E-state index in [9.17, 15) is 0 Å². The number of ether oxygens (including phenoxy) is 1. The van der Waals surface area contributed by atoms with Crippen LogP contribution in [0.5, 0.6) is 11.6 Å². The topological polar surface area (TPSA) is 89.8 Å². The van der Waals surface area contributed by atoms with Gasteiger partial charge < -0.3 is 15.0 Å². The standard InChI is InChI=1S/C14H11N5O/c1-19-8-18-13-11(19)4-5-17-14(13)20-12-3-2-10(16)6-9(12)7-15/h2-6,8H,16H2,1H3. The number of aromatic nitrogens is 3. The molecule has 1 aromatic carbocycles. The minimum Gasteiger partial charge on any atom is -0.436 e. The van der Waals surface area contributed by atoms with Crippen molar-refractivity contribution in [2.45, 2.75) is 0 Å². The molecule has 3 rings (SSSR count). The number of pyridine rings is 1. The van der Waals surface area contributed by atoms with Gasteiger partial charge in [-0.15, -0.1) is 0 Å². The molecule has 0 fully saturated rings. The number of benzene rings is 1. The highest BCUT2D eigenvalue weighted by atomic mass is 16.5. The van der Waals surface area contributed by atoms with Crippen LogP contribution in [0.25, 0.3) is 11.0 Å². The predicted octanol–water partition coefficient (Wildman–Crippen LogP) is 2.21. The molecule has 2 aromatic heterocycles. The molecule has 2 N–H and O–H groups in total. The summed E-state index contributed by atoms with van der Waals surface area (Å²) in [5.74, 6) is 0.775. The lowest BCUT2D eigenvalue weighted by molar-refractivity contribution is 0.467. The van der Waals surface area contributed by atoms with Gasteiger partial charge in [-0.05, 0) is 24.3 Å². The van der Waals surface area contributed by atoms with E-state index in [1.165, 1.54) is 0 Å². The van der Waals surface area contributed by atoms with Gasteiger partial charge in [0, 0.05) is 18.9 Å². The van der Waals surface area contributed by atoms with Gasteiger partial charge in [-0.25, -0.2) is 9.97 Å². The van der Waals surface area contributed by atoms with Crippen LogP contribution in [0.4, 0.5) is 5.69 Å². The van der Waals surface area contributed by atoms with E-state index in [2.05, 4.69) is 16.0 Å². The van der Waals surface area contributed by atoms with Crippen molar-refractivity contribution < 1.29 is 4.74 Å². The second-order valence-electron chi connectivity index (χ2n) is 4.31. The first-order valence-electron chi connectivity index (χ1n) is 5.92. The van der Waals surface area contributed by atoms with Crippen molar-refractivity contribution in [3.8, 4) is 17.7 Å². The maximum absolute atomic E-state index is 9.11. The fraction of sp³-hybridized carbons (Fsp3) is 0.0714. The van der Waals surface area contributed by atoms with Crippen LogP contribution in [0.15, 0.2) is 36.8 Å². The zero-order valence-electron chi connectivity index (χ0n) is 10.7. The number of imidazole rings is 1. The Kier molecular flexibility index (Phi) is 2.73. The number of nitrogens with zero attached hydrogens (tertiary/aromatic N) is 4. The summed E-state index contributed by atoms with van der Waals surface area (Å²) in [6.45, 7) is 0. The lowest BCUT2D eigenvalue weighted by Gasteiger charge is -2.07. The first-order valence-corrected chi connectivity index (χ1v) is 5.92. The first-order chi connectivity index (χ1) is 9.69. The summed E-state index contributed by atoms with van der Waals surface area (Å²) < 4.78 is 7.59. The van der Waals surface area contributed by atoms with Crippen LogP contribution in [-0.4, -0.2) is 14.5 Å². The molecule has 0 unspecified atom stereocenters. The van der Waals surface area contributed by atoms with Crippen LogP contribution < -0.4 is 10.5 Å². The van der Waals surface area contributed by atoms with Crippen molar-refractivity contribution in [2.75, 3.05) is 5.73 Å². The molecule has 0 saturated heterocycles. The summed E-state index contributed by atoms with van der Waals surface area (Å²) in [5, 5.41) is 9.11. The van der Waals surface area contributed by atoms with Gasteiger partial charge in [-0.1, -0.05) is 0 Å². The molecule has 20 heavy (non-hydrogen) atoms. The fourth-order valence-electron chi connectivity index (χ4n) is 1.94. The summed E-state index contributed by atoms with van der Waals surface area (Å²) in [5.41, 5.74) is 8.08. The Balaban J connectivity index is 2.08. The summed E-state index contributed by atoms with van der Waals surface area (Å²) in [6, 6.07) is 8.79. The van der Waals surface area contributed by atoms with E-state index >= 15 is 0 Å². The second-order valence-corrected chi connectivity index (χ2v) is 4.31. The van der Waals surface area contributed by atoms with E-state index in [-0.39, 0.29) is 0 Å². The predicted molar refractivity (Wildman–Crippen MR) is 74.2 cm³/mol. The van der Waals surface area contributed by atoms with Crippen molar-refractivity contribution in [1.82, 2.24) is 14.5 Å². The van der Waals surface area contributed by atoms with Gasteiger partial charge >= 0.3 is 0 Å². The minimum atomic E-state index is 0.361. The Hall–Kier alpha value is -3.07. The SMILES string of the molecule is Cn1cnc2c(Oc3ccc(N)cc3C#N)nccc21. The zero-order chi connectivity index (χ0) is 14.1. The van der Waals surface area contributed by atoms with Crippen LogP contribution in [0.2, 0.25) is 0 Å². The van der Waals surface area contributed by atoms with E-state index in [4.69, 9.17) is 15.7 Å². The van der Waals surface area contributed by atoms with Gasteiger partial charge in [0.05, 0.1) is 17.4 Å². The molecule has 6 heteroatoms. The summed E-state index contributed by atoms with van der Waals surface area (Å²) in [4.78, 5) is 8.43. The quantitative estimate of drug-likeness (QED) is 0.717. The number of fused-ring (bicyclic) bond motifs is 1. The number of nitrogens with two attached hydrogens (primary N) is 1. The molecule has 98 valence electrons. The van der Waals surface area contributed by atoms with Gasteiger partial charge in [0.2, 0.25) is 5.88 Å². The molecule has 0 amide bonds. The van der Waals surface area contributed by atoms with E-state index in [1.54, 1.807) is 30.7 Å². The number of nitriles is 1. The van der Waals surface area contributed by atoms with Crippen molar-refractivity contribution >= 4 is 16.7 Å². The smallest absolute Gasteiger partial charge is 0.247 e. The number of hydrogen-bond acceptors (Lipinski definition) is 5. The van der Waals surface area contributed by atoms with Crippen molar-refractivity contribution in [1.29, 1.82) is 5.26 Å². The van der Waals surface area contributed by atoms with Crippen LogP contribution in [0.3, 0.4) is 0 Å². The molecule has 3 aromatic rings. The van der Waals surface area contributed by atoms with Crippen LogP contribution in [0, 0.1) is 11.3 Å². The number of aryl methyl sites for hydroxylation is 1. The highest BCUT2D eigenvalue weighted by Gasteiger charge is 2.11. The number of anilines is 1. The maximum atomic E-state index is 9.11. The van der Waals surface area contributed by atoms with Crippen LogP contribution >= 0.6 is 0 Å². The summed E-state index contributed by atoms with van der Waals surface area (Å²) >= 11 is 0. The molecule has 0 bridgehead atoms. The molecule has 6 nitrogen and oxygen atoms in total. The number of rotatable bonds is 2. The Morgan fingerprint density at radius 3 is 2.95 bits per heavy atom. The van der Waals surface area contributed by atoms with Crippen molar-refractivity contribution in [2.24, 2.45) is 7.05 Å². The van der Waals surface area contributed by atoms with Gasteiger partial charge in [-0.3, -0.25) is 0 Å². The minimum absolute atomic E-state index is 0.361. The van der Waals surface area contributed by atoms with Crippen LogP contribution in [-0.2, 0) is 7.05 Å². The molecular weight excluding hydrogens is 254 g/mol. The molecule has 0 spiro atoms. The molecule has 2 heterocycles. The van der Waals surface area contributed by atoms with E-state index in [0.29, 0.717) is 28.4 Å². The number of nitrogen functional groups attached to an aromatic ring is 1. The van der Waals surface area contributed by atoms with Gasteiger partial charge in [-0.2, -0.15) is 5.26 Å². The largest absolute Gasteiger partial charge is 0.436 e. The van der Waals surface area contributed by atoms with Crippen molar-refractivity contribution in [3.63, 3.8) is 0 Å². The lowest BCUT2D eigenvalue weighted by Crippen LogP contribution is -1.94. The molecule has 0 atom stereocenters. The number of hydrogen-bond donors (Lipinski definition) is 1. The van der Waals surface area contributed by atoms with E-state index in [1.807, 2.05) is 17.7 Å². The maximum Gasteiger partial charge on any atom is 0.247 e. The molecule has 0 saturated carbocycles. The summed E-state index contributed by atoms with van der Waals surface area (Å²) in [7, 11) is 1.89. The highest BCUT2D eigenvalue weighted by molar-refractivity contribution is 5.80. The Bertz CT molecular complexity index is 831. The first kappa shape index (κ1) is 12.0. The molecular formula is C14H11N5O. The lowest BCUT2D eigenvalue weighted by atomic mass is 10.2. The van der Waals surface area contributed by atoms with Crippen molar-refractivity contribution in [3.05, 3.63) is 42.4 Å². The normalized spacial score (nSPS) is 10.4. The molecule has 0 aliphatic carbocycles. The Labute approximate surface area is 115 Å². The highest BCUT2D eigenvalue weighted by Crippen LogP contribution is 2.29. The third-order valence-electron chi connectivity index (χ3n) is 2.94. The summed E-state index contributed by atoms with van der Waals surface area (Å²) in [6.07, 6.45) is 3.33. The average molecular weight is 265 g/mol. The average Bonchev–Trinajstić information content (AvgIpc) is 2.84. The second kappa shape index (κ2) is 4.55. The zero-order valence-corrected chi connectivity index (χ0v) is 10.7. The van der Waals surface area contributed by atoms with Gasteiger partial charge in [0.25, 0.3) is 0 Å². The Morgan fingerprint density at radius 1 is 1.30 bits per heavy atom. The van der Waals surface area contributed by atoms with Gasteiger partial charge in [0.15, 0.2) is 5.52 Å². The third-order valence-corrected chi connectivity index (χ3v) is 2.94. The molecule has 0 radical (unpaired) electrons. The van der Waals surface area contributed by atoms with Gasteiger partial charge in [0.1, 0.15) is 11.8 Å². The van der Waals surface area contributed by atoms with E-state index < -0.39 is 0 Å². The van der Waals surface area contributed by atoms with Crippen LogP contribution in [0.1, 0.15) is 5.56 Å². The van der Waals surface area contributed by atoms with E-state index in [0.717, 1.165) is 5.52 Å².